The topological polar surface area (TPSA) is 74.7 Å². The van der Waals surface area contributed by atoms with Crippen molar-refractivity contribution in [2.24, 2.45) is 15.9 Å². The van der Waals surface area contributed by atoms with Crippen LogP contribution in [0, 0.1) is 17.4 Å². The van der Waals surface area contributed by atoms with Crippen molar-refractivity contribution in [3.05, 3.63) is 15.9 Å². The molecule has 1 fully saturated rings. The molecule has 0 spiro atoms. The fraction of sp³-hybridized carbons (Fsp3) is 0.737. The molecule has 144 valence electrons. The van der Waals surface area contributed by atoms with Gasteiger partial charge in [0.05, 0.1) is 12.6 Å². The summed E-state index contributed by atoms with van der Waals surface area (Å²) >= 11 is 1.65. The number of thiazole rings is 1. The SMILES string of the molecule is CC(C)C(C)NC(/N=c1\sc(C(C)(C)C)cn1C[C@H]1CCCO1)=N\C#N. The van der Waals surface area contributed by atoms with Crippen LogP contribution in [-0.2, 0) is 16.7 Å². The Morgan fingerprint density at radius 3 is 2.73 bits per heavy atom. The fourth-order valence-corrected chi connectivity index (χ4v) is 3.61. The number of hydrogen-bond donors (Lipinski definition) is 1. The number of ether oxygens (including phenoxy) is 1. The van der Waals surface area contributed by atoms with Crippen LogP contribution in [0.2, 0.25) is 0 Å². The minimum Gasteiger partial charge on any atom is -0.376 e. The van der Waals surface area contributed by atoms with Crippen LogP contribution in [0.5, 0.6) is 0 Å². The molecule has 7 heteroatoms. The first-order chi connectivity index (χ1) is 12.2. The van der Waals surface area contributed by atoms with E-state index >= 15 is 0 Å². The molecule has 0 bridgehead atoms. The van der Waals surface area contributed by atoms with Crippen LogP contribution in [0.15, 0.2) is 16.2 Å². The summed E-state index contributed by atoms with van der Waals surface area (Å²) in [5.41, 5.74) is 0.0436. The maximum absolute atomic E-state index is 9.04. The number of guanidine groups is 1. The van der Waals surface area contributed by atoms with E-state index in [1.54, 1.807) is 11.3 Å². The maximum atomic E-state index is 9.04. The summed E-state index contributed by atoms with van der Waals surface area (Å²) in [4.78, 5) is 10.7. The van der Waals surface area contributed by atoms with Gasteiger partial charge in [-0.15, -0.1) is 16.3 Å². The Morgan fingerprint density at radius 1 is 1.46 bits per heavy atom. The molecule has 1 aliphatic heterocycles. The van der Waals surface area contributed by atoms with Crippen LogP contribution in [0.25, 0.3) is 0 Å². The highest BCUT2D eigenvalue weighted by atomic mass is 32.1. The molecule has 1 saturated heterocycles. The smallest absolute Gasteiger partial charge is 0.236 e. The molecule has 2 rings (SSSR count). The first-order valence-corrected chi connectivity index (χ1v) is 10.1. The van der Waals surface area contributed by atoms with Crippen molar-refractivity contribution in [2.45, 2.75) is 78.5 Å². The third kappa shape index (κ3) is 5.68. The standard InChI is InChI=1S/C19H31N5OS/c1-13(2)14(3)22-17(21-12-20)23-18-24(10-15-8-7-9-25-15)11-16(26-18)19(4,5)6/h11,13-15H,7-10H2,1-6H3,(H,21,22)/b23-18-/t14?,15-/m1/s1. The Bertz CT molecular complexity index is 726. The van der Waals surface area contributed by atoms with Crippen molar-refractivity contribution >= 4 is 17.3 Å². The molecule has 1 aromatic heterocycles. The summed E-state index contributed by atoms with van der Waals surface area (Å²) in [5.74, 6) is 0.790. The Hall–Kier alpha value is -1.65. The zero-order valence-electron chi connectivity index (χ0n) is 16.7. The summed E-state index contributed by atoms with van der Waals surface area (Å²) in [6, 6.07) is 0.180. The lowest BCUT2D eigenvalue weighted by Crippen LogP contribution is -2.36. The van der Waals surface area contributed by atoms with Gasteiger partial charge in [-0.25, -0.2) is 0 Å². The van der Waals surface area contributed by atoms with Gasteiger partial charge in [0.25, 0.3) is 0 Å². The van der Waals surface area contributed by atoms with E-state index in [0.717, 1.165) is 30.8 Å². The van der Waals surface area contributed by atoms with Crippen molar-refractivity contribution in [1.29, 1.82) is 5.26 Å². The summed E-state index contributed by atoms with van der Waals surface area (Å²) in [6.07, 6.45) is 6.46. The predicted molar refractivity (Wildman–Crippen MR) is 106 cm³/mol. The molecule has 0 saturated carbocycles. The number of nitrogens with one attached hydrogen (secondary N) is 1. The van der Waals surface area contributed by atoms with Crippen LogP contribution >= 0.6 is 11.3 Å². The van der Waals surface area contributed by atoms with E-state index in [9.17, 15) is 0 Å². The van der Waals surface area contributed by atoms with Gasteiger partial charge in [0.2, 0.25) is 12.2 Å². The van der Waals surface area contributed by atoms with Crippen LogP contribution in [0.3, 0.4) is 0 Å². The summed E-state index contributed by atoms with van der Waals surface area (Å²) in [5, 5.41) is 12.3. The monoisotopic (exact) mass is 377 g/mol. The van der Waals surface area contributed by atoms with E-state index in [1.165, 1.54) is 4.88 Å². The van der Waals surface area contributed by atoms with E-state index < -0.39 is 0 Å². The Morgan fingerprint density at radius 2 is 2.19 bits per heavy atom. The highest BCUT2D eigenvalue weighted by molar-refractivity contribution is 7.09. The van der Waals surface area contributed by atoms with Crippen LogP contribution < -0.4 is 10.1 Å². The van der Waals surface area contributed by atoms with Gasteiger partial charge in [-0.2, -0.15) is 10.3 Å². The van der Waals surface area contributed by atoms with Crippen molar-refractivity contribution in [3.8, 4) is 6.19 Å². The second-order valence-corrected chi connectivity index (χ2v) is 9.25. The molecule has 2 heterocycles. The highest BCUT2D eigenvalue weighted by Gasteiger charge is 2.21. The second-order valence-electron chi connectivity index (χ2n) is 8.24. The number of rotatable bonds is 4. The number of aliphatic imine (C=N–C) groups is 1. The van der Waals surface area contributed by atoms with E-state index in [0.29, 0.717) is 11.9 Å². The quantitative estimate of drug-likeness (QED) is 0.496. The van der Waals surface area contributed by atoms with E-state index in [2.05, 4.69) is 67.6 Å². The zero-order valence-corrected chi connectivity index (χ0v) is 17.6. The lowest BCUT2D eigenvalue weighted by molar-refractivity contribution is 0.0963. The van der Waals surface area contributed by atoms with Crippen molar-refractivity contribution < 1.29 is 4.74 Å². The Kier molecular flexibility index (Phi) is 7.01. The molecule has 1 unspecified atom stereocenters. The predicted octanol–water partition coefficient (Wildman–Crippen LogP) is 3.40. The first kappa shape index (κ1) is 20.7. The van der Waals surface area contributed by atoms with Gasteiger partial charge in [-0.05, 0) is 31.1 Å². The molecule has 0 aromatic carbocycles. The number of hydrogen-bond acceptors (Lipinski definition) is 4. The summed E-state index contributed by atoms with van der Waals surface area (Å²) in [7, 11) is 0. The summed E-state index contributed by atoms with van der Waals surface area (Å²) < 4.78 is 7.95. The van der Waals surface area contributed by atoms with Gasteiger partial charge < -0.3 is 14.6 Å². The van der Waals surface area contributed by atoms with Crippen LogP contribution in [0.4, 0.5) is 0 Å². The van der Waals surface area contributed by atoms with Crippen molar-refractivity contribution in [1.82, 2.24) is 9.88 Å². The largest absolute Gasteiger partial charge is 0.376 e. The minimum absolute atomic E-state index is 0.0436. The Labute approximate surface area is 160 Å². The number of nitrogens with zero attached hydrogens (tertiary/aromatic N) is 4. The zero-order chi connectivity index (χ0) is 19.3. The minimum atomic E-state index is 0.0436. The van der Waals surface area contributed by atoms with Gasteiger partial charge in [-0.1, -0.05) is 34.6 Å². The van der Waals surface area contributed by atoms with Crippen molar-refractivity contribution in [2.75, 3.05) is 6.61 Å². The van der Waals surface area contributed by atoms with Gasteiger partial charge in [0.15, 0.2) is 4.80 Å². The van der Waals surface area contributed by atoms with E-state index in [1.807, 2.05) is 6.19 Å². The first-order valence-electron chi connectivity index (χ1n) is 9.31. The third-order valence-corrected chi connectivity index (χ3v) is 6.04. The number of nitriles is 1. The maximum Gasteiger partial charge on any atom is 0.236 e. The van der Waals surface area contributed by atoms with Crippen LogP contribution in [0.1, 0.15) is 59.3 Å². The van der Waals surface area contributed by atoms with E-state index in [4.69, 9.17) is 10.00 Å². The third-order valence-electron chi connectivity index (χ3n) is 4.60. The molecule has 1 aromatic rings. The van der Waals surface area contributed by atoms with Gasteiger partial charge in [0.1, 0.15) is 0 Å². The van der Waals surface area contributed by atoms with Gasteiger partial charge >= 0.3 is 0 Å². The molecule has 6 nitrogen and oxygen atoms in total. The van der Waals surface area contributed by atoms with Crippen LogP contribution in [-0.4, -0.2) is 29.3 Å². The normalized spacial score (nSPS) is 20.5. The van der Waals surface area contributed by atoms with Gasteiger partial charge in [0, 0.05) is 23.7 Å². The molecule has 1 N–H and O–H groups in total. The van der Waals surface area contributed by atoms with E-state index in [-0.39, 0.29) is 17.6 Å². The molecule has 0 amide bonds. The second kappa shape index (κ2) is 8.83. The highest BCUT2D eigenvalue weighted by Crippen LogP contribution is 2.25. The average molecular weight is 378 g/mol. The molecule has 0 radical (unpaired) electrons. The molecular weight excluding hydrogens is 346 g/mol. The number of aromatic nitrogens is 1. The molecule has 1 aliphatic rings. The lowest BCUT2D eigenvalue weighted by atomic mass is 9.95. The molecule has 0 aliphatic carbocycles. The molecular formula is C19H31N5OS. The van der Waals surface area contributed by atoms with Crippen molar-refractivity contribution in [3.63, 3.8) is 0 Å². The molecule has 26 heavy (non-hydrogen) atoms. The summed E-state index contributed by atoms with van der Waals surface area (Å²) in [6.45, 7) is 14.5. The Balaban J connectivity index is 2.39. The molecule has 2 atom stereocenters. The van der Waals surface area contributed by atoms with Gasteiger partial charge in [-0.3, -0.25) is 0 Å². The average Bonchev–Trinajstić information content (AvgIpc) is 3.18. The lowest BCUT2D eigenvalue weighted by Gasteiger charge is -2.17. The fourth-order valence-electron chi connectivity index (χ4n) is 2.55.